The molecule has 2 aromatic rings. The zero-order chi connectivity index (χ0) is 20.0. The van der Waals surface area contributed by atoms with Gasteiger partial charge in [-0.1, -0.05) is 29.8 Å². The van der Waals surface area contributed by atoms with Crippen LogP contribution in [0.15, 0.2) is 51.8 Å². The van der Waals surface area contributed by atoms with Crippen molar-refractivity contribution in [3.05, 3.63) is 46.9 Å². The average Bonchev–Trinajstić information content (AvgIpc) is 2.61. The van der Waals surface area contributed by atoms with Crippen molar-refractivity contribution < 1.29 is 17.9 Å². The van der Waals surface area contributed by atoms with Gasteiger partial charge in [0, 0.05) is 22.3 Å². The van der Waals surface area contributed by atoms with Crippen LogP contribution in [0.4, 0.5) is 11.4 Å². The molecule has 0 unspecified atom stereocenters. The van der Waals surface area contributed by atoms with Crippen LogP contribution >= 0.6 is 15.9 Å². The predicted molar refractivity (Wildman–Crippen MR) is 111 cm³/mol. The van der Waals surface area contributed by atoms with Crippen molar-refractivity contribution in [3.63, 3.8) is 0 Å². The van der Waals surface area contributed by atoms with Crippen LogP contribution in [0.1, 0.15) is 26.7 Å². The second-order valence-electron chi connectivity index (χ2n) is 6.46. The third kappa shape index (κ3) is 6.25. The smallest absolute Gasteiger partial charge is 0.265 e. The minimum absolute atomic E-state index is 0.0467. The largest absolute Gasteiger partial charge is 0.495 e. The lowest BCUT2D eigenvalue weighted by Crippen LogP contribution is -2.16. The fourth-order valence-corrected chi connectivity index (χ4v) is 3.85. The minimum Gasteiger partial charge on any atom is -0.495 e. The Morgan fingerprint density at radius 1 is 1.11 bits per heavy atom. The van der Waals surface area contributed by atoms with E-state index in [4.69, 9.17) is 4.74 Å². The first-order valence-corrected chi connectivity index (χ1v) is 10.7. The number of nitrogens with one attached hydrogen (secondary N) is 2. The van der Waals surface area contributed by atoms with Gasteiger partial charge in [0.1, 0.15) is 10.6 Å². The second kappa shape index (κ2) is 9.23. The van der Waals surface area contributed by atoms with Crippen molar-refractivity contribution in [2.75, 3.05) is 17.1 Å². The summed E-state index contributed by atoms with van der Waals surface area (Å²) in [5.74, 6) is 0.454. The molecule has 27 heavy (non-hydrogen) atoms. The number of amides is 1. The molecule has 1 amide bonds. The Morgan fingerprint density at radius 2 is 1.74 bits per heavy atom. The molecule has 0 aliphatic rings. The maximum absolute atomic E-state index is 12.8. The summed E-state index contributed by atoms with van der Waals surface area (Å²) in [5.41, 5.74) is 0.826. The van der Waals surface area contributed by atoms with Gasteiger partial charge in [0.2, 0.25) is 5.91 Å². The highest BCUT2D eigenvalue weighted by Gasteiger charge is 2.21. The Bertz CT molecular complexity index is 896. The molecule has 2 N–H and O–H groups in total. The molecular formula is C19H23BrN2O4S. The molecule has 8 heteroatoms. The first-order valence-electron chi connectivity index (χ1n) is 8.47. The number of halogens is 1. The Balaban J connectivity index is 2.25. The molecule has 2 aromatic carbocycles. The van der Waals surface area contributed by atoms with E-state index >= 15 is 0 Å². The van der Waals surface area contributed by atoms with E-state index in [1.165, 1.54) is 19.2 Å². The number of methoxy groups -OCH3 is 1. The quantitative estimate of drug-likeness (QED) is 0.608. The van der Waals surface area contributed by atoms with Gasteiger partial charge in [-0.2, -0.15) is 0 Å². The molecular weight excluding hydrogens is 432 g/mol. The van der Waals surface area contributed by atoms with Crippen molar-refractivity contribution in [2.45, 2.75) is 31.6 Å². The third-order valence-corrected chi connectivity index (χ3v) is 5.71. The number of ether oxygens (including phenoxy) is 1. The van der Waals surface area contributed by atoms with Crippen LogP contribution in [0.3, 0.4) is 0 Å². The molecule has 0 saturated carbocycles. The zero-order valence-electron chi connectivity index (χ0n) is 15.5. The van der Waals surface area contributed by atoms with Gasteiger partial charge in [0.25, 0.3) is 10.0 Å². The maximum atomic E-state index is 12.8. The Hall–Kier alpha value is -2.06. The minimum atomic E-state index is -3.89. The lowest BCUT2D eigenvalue weighted by molar-refractivity contribution is -0.116. The van der Waals surface area contributed by atoms with Crippen LogP contribution in [0.5, 0.6) is 5.75 Å². The standard InChI is InChI=1S/C19H23BrN2O4S/c1-13(2)4-11-19(23)21-16-9-10-17(26-3)18(12-16)27(24,25)22-15-7-5-14(20)6-8-15/h5-10,12-13,22H,4,11H2,1-3H3,(H,21,23). The monoisotopic (exact) mass is 454 g/mol. The van der Waals surface area contributed by atoms with E-state index in [1.54, 1.807) is 30.3 Å². The number of benzene rings is 2. The van der Waals surface area contributed by atoms with Gasteiger partial charge in [-0.3, -0.25) is 9.52 Å². The van der Waals surface area contributed by atoms with Gasteiger partial charge in [0.05, 0.1) is 7.11 Å². The molecule has 2 rings (SSSR count). The number of hydrogen-bond donors (Lipinski definition) is 2. The van der Waals surface area contributed by atoms with Crippen LogP contribution < -0.4 is 14.8 Å². The van der Waals surface area contributed by atoms with Gasteiger partial charge in [-0.15, -0.1) is 0 Å². The van der Waals surface area contributed by atoms with E-state index in [2.05, 4.69) is 26.0 Å². The molecule has 0 radical (unpaired) electrons. The number of hydrogen-bond acceptors (Lipinski definition) is 4. The Morgan fingerprint density at radius 3 is 2.33 bits per heavy atom. The number of carbonyl (C=O) groups excluding carboxylic acids is 1. The Labute approximate surface area is 168 Å². The van der Waals surface area contributed by atoms with E-state index in [9.17, 15) is 13.2 Å². The summed E-state index contributed by atoms with van der Waals surface area (Å²) in [5, 5.41) is 2.74. The molecule has 0 heterocycles. The second-order valence-corrected chi connectivity index (χ2v) is 9.03. The Kier molecular flexibility index (Phi) is 7.26. The van der Waals surface area contributed by atoms with Crippen molar-refractivity contribution in [1.29, 1.82) is 0 Å². The predicted octanol–water partition coefficient (Wildman–Crippen LogP) is 4.63. The van der Waals surface area contributed by atoms with Gasteiger partial charge in [0.15, 0.2) is 0 Å². The van der Waals surface area contributed by atoms with Gasteiger partial charge >= 0.3 is 0 Å². The van der Waals surface area contributed by atoms with Gasteiger partial charge < -0.3 is 10.1 Å². The summed E-state index contributed by atoms with van der Waals surface area (Å²) < 4.78 is 34.2. The summed E-state index contributed by atoms with van der Waals surface area (Å²) in [4.78, 5) is 12.0. The summed E-state index contributed by atoms with van der Waals surface area (Å²) in [6.45, 7) is 4.08. The number of carbonyl (C=O) groups is 1. The molecule has 146 valence electrons. The van der Waals surface area contributed by atoms with E-state index in [0.717, 1.165) is 10.9 Å². The molecule has 0 saturated heterocycles. The molecule has 6 nitrogen and oxygen atoms in total. The fraction of sp³-hybridized carbons (Fsp3) is 0.316. The maximum Gasteiger partial charge on any atom is 0.265 e. The van der Waals surface area contributed by atoms with Crippen LogP contribution in [-0.2, 0) is 14.8 Å². The first-order chi connectivity index (χ1) is 12.7. The van der Waals surface area contributed by atoms with Crippen molar-refractivity contribution >= 4 is 43.2 Å². The van der Waals surface area contributed by atoms with Gasteiger partial charge in [-0.05, 0) is 54.8 Å². The molecule has 0 aliphatic carbocycles. The van der Waals surface area contributed by atoms with E-state index in [-0.39, 0.29) is 16.6 Å². The highest BCUT2D eigenvalue weighted by Crippen LogP contribution is 2.29. The number of anilines is 2. The van der Waals surface area contributed by atoms with E-state index in [0.29, 0.717) is 23.7 Å². The molecule has 0 fully saturated rings. The summed E-state index contributed by atoms with van der Waals surface area (Å²) in [6.07, 6.45) is 1.14. The van der Waals surface area contributed by atoms with Crippen molar-refractivity contribution in [2.24, 2.45) is 5.92 Å². The van der Waals surface area contributed by atoms with Crippen LogP contribution in [0.2, 0.25) is 0 Å². The highest BCUT2D eigenvalue weighted by atomic mass is 79.9. The molecule has 0 bridgehead atoms. The van der Waals surface area contributed by atoms with Crippen molar-refractivity contribution in [3.8, 4) is 5.75 Å². The van der Waals surface area contributed by atoms with Crippen molar-refractivity contribution in [1.82, 2.24) is 0 Å². The van der Waals surface area contributed by atoms with E-state index in [1.807, 2.05) is 13.8 Å². The summed E-state index contributed by atoms with van der Waals surface area (Å²) in [6, 6.07) is 11.3. The number of sulfonamides is 1. The molecule has 0 atom stereocenters. The lowest BCUT2D eigenvalue weighted by Gasteiger charge is -2.14. The zero-order valence-corrected chi connectivity index (χ0v) is 17.9. The molecule has 0 spiro atoms. The highest BCUT2D eigenvalue weighted by molar-refractivity contribution is 9.10. The van der Waals surface area contributed by atoms with Crippen LogP contribution in [0, 0.1) is 5.92 Å². The fourth-order valence-electron chi connectivity index (χ4n) is 2.34. The lowest BCUT2D eigenvalue weighted by atomic mass is 10.1. The first kappa shape index (κ1) is 21.2. The van der Waals surface area contributed by atoms with Crippen LogP contribution in [-0.4, -0.2) is 21.4 Å². The number of rotatable bonds is 8. The third-order valence-electron chi connectivity index (χ3n) is 3.78. The summed E-state index contributed by atoms with van der Waals surface area (Å²) in [7, 11) is -2.50. The molecule has 0 aromatic heterocycles. The average molecular weight is 455 g/mol. The van der Waals surface area contributed by atoms with Gasteiger partial charge in [-0.25, -0.2) is 8.42 Å². The molecule has 0 aliphatic heterocycles. The normalized spacial score (nSPS) is 11.3. The topological polar surface area (TPSA) is 84.5 Å². The SMILES string of the molecule is COc1ccc(NC(=O)CCC(C)C)cc1S(=O)(=O)Nc1ccc(Br)cc1. The van der Waals surface area contributed by atoms with Crippen LogP contribution in [0.25, 0.3) is 0 Å². The summed E-state index contributed by atoms with van der Waals surface area (Å²) >= 11 is 3.31. The van der Waals surface area contributed by atoms with E-state index < -0.39 is 10.0 Å².